The first-order valence-electron chi connectivity index (χ1n) is 10.6. The molecule has 1 aromatic carbocycles. The van der Waals surface area contributed by atoms with E-state index in [0.717, 1.165) is 63.9 Å². The second-order valence-corrected chi connectivity index (χ2v) is 9.12. The van der Waals surface area contributed by atoms with Crippen LogP contribution in [-0.2, 0) is 4.74 Å². The predicted molar refractivity (Wildman–Crippen MR) is 138 cm³/mol. The van der Waals surface area contributed by atoms with E-state index < -0.39 is 0 Å². The van der Waals surface area contributed by atoms with Crippen LogP contribution in [0.3, 0.4) is 0 Å². The Labute approximate surface area is 203 Å². The van der Waals surface area contributed by atoms with Crippen LogP contribution in [0.2, 0.25) is 0 Å². The number of hydrogen-bond donors (Lipinski definition) is 2. The third-order valence-corrected chi connectivity index (χ3v) is 7.58. The van der Waals surface area contributed by atoms with Crippen molar-refractivity contribution in [3.05, 3.63) is 29.8 Å². The van der Waals surface area contributed by atoms with Crippen LogP contribution in [0.15, 0.2) is 29.3 Å². The van der Waals surface area contributed by atoms with Gasteiger partial charge in [0.1, 0.15) is 5.75 Å². The lowest BCUT2D eigenvalue weighted by molar-refractivity contribution is 0.0782. The van der Waals surface area contributed by atoms with Gasteiger partial charge in [-0.3, -0.25) is 9.89 Å². The van der Waals surface area contributed by atoms with E-state index in [0.29, 0.717) is 6.04 Å². The van der Waals surface area contributed by atoms with Crippen molar-refractivity contribution in [2.45, 2.75) is 36.5 Å². The van der Waals surface area contributed by atoms with Crippen molar-refractivity contribution in [1.29, 1.82) is 0 Å². The fraction of sp³-hybridized carbons (Fsp3) is 0.682. The molecule has 0 spiro atoms. The topological polar surface area (TPSA) is 58.1 Å². The molecule has 3 rings (SSSR count). The summed E-state index contributed by atoms with van der Waals surface area (Å²) in [5.74, 6) is 1.78. The van der Waals surface area contributed by atoms with Crippen molar-refractivity contribution in [3.63, 3.8) is 0 Å². The number of nitrogens with zero attached hydrogens (tertiary/aromatic N) is 2. The second-order valence-electron chi connectivity index (χ2n) is 7.84. The number of halogens is 1. The largest absolute Gasteiger partial charge is 0.497 e. The van der Waals surface area contributed by atoms with Crippen LogP contribution in [-0.4, -0.2) is 75.4 Å². The first-order chi connectivity index (χ1) is 14.2. The lowest BCUT2D eigenvalue weighted by atomic mass is 9.99. The normalized spacial score (nSPS) is 20.3. The molecule has 2 heterocycles. The van der Waals surface area contributed by atoms with Gasteiger partial charge in [0.25, 0.3) is 0 Å². The van der Waals surface area contributed by atoms with Crippen molar-refractivity contribution in [3.8, 4) is 5.75 Å². The molecular weight excluding hydrogens is 511 g/mol. The van der Waals surface area contributed by atoms with Crippen molar-refractivity contribution >= 4 is 41.7 Å². The molecule has 2 fully saturated rings. The van der Waals surface area contributed by atoms with E-state index in [1.165, 1.54) is 18.4 Å². The second kappa shape index (κ2) is 13.0. The SMILES string of the molecule is CN=C(NCC(c1cccc(OC)c1)N1CCCC1)NCC1(SC)CCOCC1.I. The standard InChI is InChI=1S/C22H36N4O2S.HI/c1-23-21(25-17-22(29-3)9-13-28-14-10-22)24-16-20(26-11-4-5-12-26)18-7-6-8-19(15-18)27-2;/h6-8,15,20H,4-5,9-14,16-17H2,1-3H3,(H2,23,24,25);1H. The maximum atomic E-state index is 5.56. The molecule has 0 bridgehead atoms. The fourth-order valence-electron chi connectivity index (χ4n) is 4.22. The zero-order chi connectivity index (χ0) is 20.5. The van der Waals surface area contributed by atoms with Gasteiger partial charge in [-0.25, -0.2) is 0 Å². The number of ether oxygens (including phenoxy) is 2. The molecule has 2 aliphatic heterocycles. The molecule has 8 heteroatoms. The fourth-order valence-corrected chi connectivity index (χ4v) is 5.01. The Morgan fingerprint density at radius 2 is 2.00 bits per heavy atom. The predicted octanol–water partition coefficient (Wildman–Crippen LogP) is 3.53. The van der Waals surface area contributed by atoms with Gasteiger partial charge < -0.3 is 20.1 Å². The Hall–Kier alpha value is -0.710. The molecule has 0 radical (unpaired) electrons. The quantitative estimate of drug-likeness (QED) is 0.295. The summed E-state index contributed by atoms with van der Waals surface area (Å²) in [6.07, 6.45) is 6.91. The summed E-state index contributed by atoms with van der Waals surface area (Å²) >= 11 is 1.94. The van der Waals surface area contributed by atoms with Gasteiger partial charge >= 0.3 is 0 Å². The average molecular weight is 549 g/mol. The smallest absolute Gasteiger partial charge is 0.191 e. The highest BCUT2D eigenvalue weighted by Crippen LogP contribution is 2.33. The first-order valence-corrected chi connectivity index (χ1v) is 11.9. The highest BCUT2D eigenvalue weighted by atomic mass is 127. The molecule has 1 aromatic rings. The molecule has 1 atom stereocenters. The molecule has 30 heavy (non-hydrogen) atoms. The summed E-state index contributed by atoms with van der Waals surface area (Å²) in [7, 11) is 3.58. The maximum Gasteiger partial charge on any atom is 0.191 e. The van der Waals surface area contributed by atoms with E-state index in [1.807, 2.05) is 24.9 Å². The molecule has 0 aliphatic carbocycles. The molecule has 2 N–H and O–H groups in total. The zero-order valence-corrected chi connectivity index (χ0v) is 21.6. The number of thioether (sulfide) groups is 1. The zero-order valence-electron chi connectivity index (χ0n) is 18.5. The monoisotopic (exact) mass is 548 g/mol. The summed E-state index contributed by atoms with van der Waals surface area (Å²) in [5, 5.41) is 7.15. The van der Waals surface area contributed by atoms with Gasteiger partial charge in [0.2, 0.25) is 0 Å². The van der Waals surface area contributed by atoms with Crippen LogP contribution in [0.5, 0.6) is 5.75 Å². The van der Waals surface area contributed by atoms with E-state index >= 15 is 0 Å². The molecule has 0 aromatic heterocycles. The third-order valence-electron chi connectivity index (χ3n) is 6.16. The Balaban J connectivity index is 0.00000320. The molecule has 2 aliphatic rings. The average Bonchev–Trinajstić information content (AvgIpc) is 3.31. The van der Waals surface area contributed by atoms with Gasteiger partial charge in [0.05, 0.1) is 13.2 Å². The number of nitrogens with one attached hydrogen (secondary N) is 2. The van der Waals surface area contributed by atoms with E-state index in [-0.39, 0.29) is 28.7 Å². The highest BCUT2D eigenvalue weighted by molar-refractivity contribution is 14.0. The Morgan fingerprint density at radius 1 is 1.27 bits per heavy atom. The minimum atomic E-state index is 0. The summed E-state index contributed by atoms with van der Waals surface area (Å²) in [6.45, 7) is 5.71. The molecule has 2 saturated heterocycles. The van der Waals surface area contributed by atoms with Gasteiger partial charge in [-0.05, 0) is 62.7 Å². The Kier molecular flexibility index (Phi) is 11.1. The van der Waals surface area contributed by atoms with E-state index in [1.54, 1.807) is 7.11 Å². The molecular formula is C22H37IN4O2S. The molecule has 0 saturated carbocycles. The van der Waals surface area contributed by atoms with Crippen LogP contribution < -0.4 is 15.4 Å². The lowest BCUT2D eigenvalue weighted by Crippen LogP contribution is -2.49. The van der Waals surface area contributed by atoms with Crippen LogP contribution in [0.4, 0.5) is 0 Å². The number of guanidine groups is 1. The molecule has 1 unspecified atom stereocenters. The molecule has 6 nitrogen and oxygen atoms in total. The van der Waals surface area contributed by atoms with Gasteiger partial charge in [0, 0.05) is 38.1 Å². The van der Waals surface area contributed by atoms with Crippen molar-refractivity contribution in [1.82, 2.24) is 15.5 Å². The number of hydrogen-bond acceptors (Lipinski definition) is 5. The van der Waals surface area contributed by atoms with E-state index in [4.69, 9.17) is 9.47 Å². The van der Waals surface area contributed by atoms with Crippen LogP contribution >= 0.6 is 35.7 Å². The minimum Gasteiger partial charge on any atom is -0.497 e. The summed E-state index contributed by atoms with van der Waals surface area (Å²) < 4.78 is 11.3. The van der Waals surface area contributed by atoms with Crippen LogP contribution in [0.25, 0.3) is 0 Å². The number of benzene rings is 1. The lowest BCUT2D eigenvalue weighted by Gasteiger charge is -2.36. The van der Waals surface area contributed by atoms with Gasteiger partial charge in [-0.1, -0.05) is 12.1 Å². The van der Waals surface area contributed by atoms with Gasteiger partial charge in [-0.15, -0.1) is 24.0 Å². The summed E-state index contributed by atoms with van der Waals surface area (Å²) in [4.78, 5) is 7.04. The maximum absolute atomic E-state index is 5.56. The molecule has 0 amide bonds. The van der Waals surface area contributed by atoms with E-state index in [2.05, 4.69) is 45.0 Å². The number of likely N-dealkylation sites (tertiary alicyclic amines) is 1. The first kappa shape index (κ1) is 25.5. The van der Waals surface area contributed by atoms with Crippen molar-refractivity contribution in [2.75, 3.05) is 59.8 Å². The Morgan fingerprint density at radius 3 is 2.63 bits per heavy atom. The van der Waals surface area contributed by atoms with Gasteiger partial charge in [0.15, 0.2) is 5.96 Å². The van der Waals surface area contributed by atoms with Crippen molar-refractivity contribution in [2.24, 2.45) is 4.99 Å². The number of methoxy groups -OCH3 is 1. The third kappa shape index (κ3) is 6.90. The molecule has 170 valence electrons. The van der Waals surface area contributed by atoms with Crippen molar-refractivity contribution < 1.29 is 9.47 Å². The van der Waals surface area contributed by atoms with Gasteiger partial charge in [-0.2, -0.15) is 11.8 Å². The number of rotatable bonds is 8. The van der Waals surface area contributed by atoms with Crippen LogP contribution in [0, 0.1) is 0 Å². The Bertz CT molecular complexity index is 664. The number of aliphatic imine (C=N–C) groups is 1. The van der Waals surface area contributed by atoms with Crippen LogP contribution in [0.1, 0.15) is 37.3 Å². The highest BCUT2D eigenvalue weighted by Gasteiger charge is 2.32. The minimum absolute atomic E-state index is 0. The summed E-state index contributed by atoms with van der Waals surface area (Å²) in [5.41, 5.74) is 1.29. The van der Waals surface area contributed by atoms with E-state index in [9.17, 15) is 0 Å². The summed E-state index contributed by atoms with van der Waals surface area (Å²) in [6, 6.07) is 8.76.